The van der Waals surface area contributed by atoms with E-state index in [1.165, 1.54) is 17.8 Å². The monoisotopic (exact) mass is 370 g/mol. The molecule has 0 aliphatic heterocycles. The van der Waals surface area contributed by atoms with Crippen molar-refractivity contribution in [3.63, 3.8) is 0 Å². The molecule has 21 heavy (non-hydrogen) atoms. The summed E-state index contributed by atoms with van der Waals surface area (Å²) >= 11 is 2.29. The molecule has 8 heteroatoms. The van der Waals surface area contributed by atoms with Gasteiger partial charge in [-0.05, 0) is 53.9 Å². The Kier molecular flexibility index (Phi) is 5.01. The summed E-state index contributed by atoms with van der Waals surface area (Å²) in [5.41, 5.74) is 0. The van der Waals surface area contributed by atoms with Gasteiger partial charge in [0.25, 0.3) is 0 Å². The zero-order valence-corrected chi connectivity index (χ0v) is 16.6. The summed E-state index contributed by atoms with van der Waals surface area (Å²) in [5, 5.41) is 0. The first-order valence-corrected chi connectivity index (χ1v) is 11.3. The molecule has 0 fully saturated rings. The van der Waals surface area contributed by atoms with Crippen LogP contribution in [0.2, 0.25) is 0 Å². The van der Waals surface area contributed by atoms with Gasteiger partial charge in [0.15, 0.2) is 19.7 Å². The molecule has 4 nitrogen and oxygen atoms in total. The Morgan fingerprint density at radius 2 is 1.33 bits per heavy atom. The molecule has 122 valence electrons. The molecule has 0 spiro atoms. The van der Waals surface area contributed by atoms with E-state index in [1.807, 2.05) is 0 Å². The third-order valence-corrected chi connectivity index (χ3v) is 11.0. The quantitative estimate of drug-likeness (QED) is 0.760. The topological polar surface area (TPSA) is 68.3 Å². The highest BCUT2D eigenvalue weighted by molar-refractivity contribution is 8.02. The predicted molar refractivity (Wildman–Crippen MR) is 90.0 cm³/mol. The lowest BCUT2D eigenvalue weighted by molar-refractivity contribution is 0.558. The maximum absolute atomic E-state index is 12.6. The van der Waals surface area contributed by atoms with Crippen molar-refractivity contribution in [3.8, 4) is 0 Å². The molecule has 0 saturated heterocycles. The number of thiophene rings is 1. The minimum absolute atomic E-state index is 0.113. The molecule has 1 rings (SSSR count). The highest BCUT2D eigenvalue weighted by Gasteiger charge is 2.38. The lowest BCUT2D eigenvalue weighted by Gasteiger charge is -2.19. The van der Waals surface area contributed by atoms with Crippen molar-refractivity contribution in [2.24, 2.45) is 0 Å². The number of hydrogen-bond donors (Lipinski definition) is 0. The Hall–Kier alpha value is -0.0500. The van der Waals surface area contributed by atoms with Crippen LogP contribution in [0.1, 0.15) is 41.5 Å². The van der Waals surface area contributed by atoms with E-state index >= 15 is 0 Å². The van der Waals surface area contributed by atoms with E-state index in [-0.39, 0.29) is 9.10 Å². The standard InChI is InChI=1S/C13H22O4S4/c1-12(2,3)20(14,15)9-8-10(19-11(9)18-7)21(16,17)13(4,5)6/h8H,1-7H3. The maximum atomic E-state index is 12.6. The van der Waals surface area contributed by atoms with Crippen LogP contribution >= 0.6 is 23.1 Å². The largest absolute Gasteiger partial charge is 0.223 e. The van der Waals surface area contributed by atoms with E-state index in [0.717, 1.165) is 11.3 Å². The molecule has 0 bridgehead atoms. The van der Waals surface area contributed by atoms with Gasteiger partial charge in [0, 0.05) is 0 Å². The molecule has 0 unspecified atom stereocenters. The molecule has 0 aromatic carbocycles. The summed E-state index contributed by atoms with van der Waals surface area (Å²) < 4.78 is 49.0. The Balaban J connectivity index is 3.63. The summed E-state index contributed by atoms with van der Waals surface area (Å²) in [6, 6.07) is 1.32. The van der Waals surface area contributed by atoms with Gasteiger partial charge in [-0.2, -0.15) is 0 Å². The van der Waals surface area contributed by atoms with Gasteiger partial charge in [-0.1, -0.05) is 0 Å². The highest BCUT2D eigenvalue weighted by Crippen LogP contribution is 2.42. The van der Waals surface area contributed by atoms with Crippen LogP contribution < -0.4 is 0 Å². The summed E-state index contributed by atoms with van der Waals surface area (Å²) in [4.78, 5) is 0.121. The summed E-state index contributed by atoms with van der Waals surface area (Å²) in [5.74, 6) is 0. The second kappa shape index (κ2) is 5.54. The van der Waals surface area contributed by atoms with Gasteiger partial charge in [-0.15, -0.1) is 23.1 Å². The van der Waals surface area contributed by atoms with E-state index in [2.05, 4.69) is 0 Å². The minimum Gasteiger partial charge on any atom is -0.223 e. The zero-order valence-electron chi connectivity index (χ0n) is 13.3. The minimum atomic E-state index is -3.58. The zero-order chi connectivity index (χ0) is 16.9. The third-order valence-electron chi connectivity index (χ3n) is 3.00. The molecule has 0 aliphatic rings. The predicted octanol–water partition coefficient (Wildman–Crippen LogP) is 3.61. The Morgan fingerprint density at radius 1 is 0.905 bits per heavy atom. The average molecular weight is 371 g/mol. The van der Waals surface area contributed by atoms with Crippen molar-refractivity contribution in [1.82, 2.24) is 0 Å². The molecular weight excluding hydrogens is 348 g/mol. The fraction of sp³-hybridized carbons (Fsp3) is 0.692. The number of thioether (sulfide) groups is 1. The third kappa shape index (κ3) is 3.33. The van der Waals surface area contributed by atoms with Crippen molar-refractivity contribution in [3.05, 3.63) is 6.07 Å². The van der Waals surface area contributed by atoms with E-state index < -0.39 is 29.2 Å². The van der Waals surface area contributed by atoms with Gasteiger partial charge in [-0.3, -0.25) is 0 Å². The molecule has 0 saturated carbocycles. The Morgan fingerprint density at radius 3 is 1.67 bits per heavy atom. The first kappa shape index (κ1) is 19.0. The fourth-order valence-electron chi connectivity index (χ4n) is 1.43. The van der Waals surface area contributed by atoms with Crippen molar-refractivity contribution < 1.29 is 16.8 Å². The van der Waals surface area contributed by atoms with Crippen LogP contribution in [0.15, 0.2) is 19.4 Å². The Bertz CT molecular complexity index is 726. The molecule has 0 atom stereocenters. The second-order valence-electron chi connectivity index (χ2n) is 6.65. The second-order valence-corrected chi connectivity index (χ2v) is 14.4. The van der Waals surface area contributed by atoms with Crippen LogP contribution in [0.4, 0.5) is 0 Å². The molecular formula is C13H22O4S4. The number of hydrogen-bond acceptors (Lipinski definition) is 6. The van der Waals surface area contributed by atoms with E-state index in [1.54, 1.807) is 47.8 Å². The van der Waals surface area contributed by atoms with Crippen LogP contribution in [0.3, 0.4) is 0 Å². The normalized spacial score (nSPS) is 14.4. The van der Waals surface area contributed by atoms with Gasteiger partial charge in [-0.25, -0.2) is 16.8 Å². The van der Waals surface area contributed by atoms with Gasteiger partial charge in [0.1, 0.15) is 4.21 Å². The SMILES string of the molecule is CSc1sc(S(=O)(=O)C(C)(C)C)cc1S(=O)(=O)C(C)(C)C. The molecule has 1 aromatic heterocycles. The molecule has 1 aromatic rings. The van der Waals surface area contributed by atoms with Gasteiger partial charge in [0.05, 0.1) is 18.6 Å². The van der Waals surface area contributed by atoms with Crippen molar-refractivity contribution in [2.45, 2.75) is 64.4 Å². The molecule has 0 aliphatic carbocycles. The fourth-order valence-corrected chi connectivity index (χ4v) is 7.62. The van der Waals surface area contributed by atoms with Crippen molar-refractivity contribution in [2.75, 3.05) is 6.26 Å². The Labute approximate surface area is 136 Å². The van der Waals surface area contributed by atoms with Crippen LogP contribution in [-0.2, 0) is 19.7 Å². The van der Waals surface area contributed by atoms with Gasteiger partial charge < -0.3 is 0 Å². The summed E-state index contributed by atoms with van der Waals surface area (Å²) in [6.45, 7) is 9.67. The summed E-state index contributed by atoms with van der Waals surface area (Å²) in [7, 11) is -7.13. The van der Waals surface area contributed by atoms with E-state index in [9.17, 15) is 16.8 Å². The number of sulfone groups is 2. The first-order valence-electron chi connectivity index (χ1n) is 6.33. The number of rotatable bonds is 3. The molecule has 0 radical (unpaired) electrons. The van der Waals surface area contributed by atoms with Crippen LogP contribution in [0.25, 0.3) is 0 Å². The molecule has 0 N–H and O–H groups in total. The highest BCUT2D eigenvalue weighted by atomic mass is 32.2. The molecule has 1 heterocycles. The lowest BCUT2D eigenvalue weighted by atomic mass is 10.3. The van der Waals surface area contributed by atoms with Gasteiger partial charge in [0.2, 0.25) is 0 Å². The van der Waals surface area contributed by atoms with Crippen molar-refractivity contribution >= 4 is 42.8 Å². The van der Waals surface area contributed by atoms with Crippen LogP contribution in [0.5, 0.6) is 0 Å². The van der Waals surface area contributed by atoms with Crippen LogP contribution in [-0.4, -0.2) is 32.6 Å². The first-order chi connectivity index (χ1) is 9.16. The van der Waals surface area contributed by atoms with Gasteiger partial charge >= 0.3 is 0 Å². The van der Waals surface area contributed by atoms with Crippen LogP contribution in [0, 0.1) is 0 Å². The van der Waals surface area contributed by atoms with Crippen molar-refractivity contribution in [1.29, 1.82) is 0 Å². The maximum Gasteiger partial charge on any atom is 0.192 e. The smallest absolute Gasteiger partial charge is 0.192 e. The average Bonchev–Trinajstić information content (AvgIpc) is 2.70. The van der Waals surface area contributed by atoms with E-state index in [4.69, 9.17) is 0 Å². The lowest BCUT2D eigenvalue weighted by Crippen LogP contribution is -2.28. The van der Waals surface area contributed by atoms with E-state index in [0.29, 0.717) is 4.21 Å². The molecule has 0 amide bonds. The summed E-state index contributed by atoms with van der Waals surface area (Å²) in [6.07, 6.45) is 1.75.